The van der Waals surface area contributed by atoms with E-state index < -0.39 is 0 Å². The molecule has 1 aromatic rings. The van der Waals surface area contributed by atoms with E-state index in [4.69, 9.17) is 4.74 Å². The summed E-state index contributed by atoms with van der Waals surface area (Å²) in [6, 6.07) is 3.63. The van der Waals surface area contributed by atoms with E-state index in [1.54, 1.807) is 13.2 Å². The molecule has 0 aliphatic heterocycles. The van der Waals surface area contributed by atoms with Crippen molar-refractivity contribution in [2.24, 2.45) is 0 Å². The minimum Gasteiger partial charge on any atom is -0.495 e. The number of hydrogen-bond donors (Lipinski definition) is 0. The average Bonchev–Trinajstić information content (AvgIpc) is 2.15. The van der Waals surface area contributed by atoms with Gasteiger partial charge in [-0.2, -0.15) is 0 Å². The van der Waals surface area contributed by atoms with Crippen molar-refractivity contribution in [2.45, 2.75) is 13.3 Å². The molecule has 4 heteroatoms. The second-order valence-corrected chi connectivity index (χ2v) is 4.52. The van der Waals surface area contributed by atoms with Gasteiger partial charge in [0, 0.05) is 10.9 Å². The molecule has 1 rings (SSSR count). The molecule has 0 saturated carbocycles. The van der Waals surface area contributed by atoms with E-state index in [9.17, 15) is 4.79 Å². The highest BCUT2D eigenvalue weighted by Crippen LogP contribution is 2.33. The van der Waals surface area contributed by atoms with Crippen LogP contribution < -0.4 is 4.74 Å². The Hall–Kier alpha value is -0.350. The number of ether oxygens (including phenoxy) is 1. The fraction of sp³-hybridized carbons (Fsp3) is 0.300. The zero-order valence-corrected chi connectivity index (χ0v) is 11.1. The molecule has 0 saturated heterocycles. The molecule has 0 aromatic heterocycles. The van der Waals surface area contributed by atoms with Gasteiger partial charge in [0.15, 0.2) is 5.78 Å². The Labute approximate surface area is 99.9 Å². The van der Waals surface area contributed by atoms with Crippen LogP contribution >= 0.6 is 31.9 Å². The van der Waals surface area contributed by atoms with E-state index in [0.29, 0.717) is 17.7 Å². The lowest BCUT2D eigenvalue weighted by Gasteiger charge is -2.09. The number of ketones is 1. The van der Waals surface area contributed by atoms with Crippen LogP contribution in [0.5, 0.6) is 5.75 Å². The standard InChI is InChI=1S/C10H10Br2O2/c1-3-9(13)7-4-6(11)5-8(12)10(7)14-2/h4-5H,3H2,1-2H3. The maximum Gasteiger partial charge on any atom is 0.166 e. The Balaban J connectivity index is 3.32. The van der Waals surface area contributed by atoms with Crippen LogP contribution in [0.4, 0.5) is 0 Å². The third kappa shape index (κ3) is 2.36. The van der Waals surface area contributed by atoms with Gasteiger partial charge < -0.3 is 4.74 Å². The van der Waals surface area contributed by atoms with Gasteiger partial charge in [0.25, 0.3) is 0 Å². The van der Waals surface area contributed by atoms with E-state index in [1.165, 1.54) is 0 Å². The van der Waals surface area contributed by atoms with E-state index in [1.807, 2.05) is 13.0 Å². The predicted molar refractivity (Wildman–Crippen MR) is 63.0 cm³/mol. The van der Waals surface area contributed by atoms with Crippen molar-refractivity contribution in [2.75, 3.05) is 7.11 Å². The number of methoxy groups -OCH3 is 1. The third-order valence-electron chi connectivity index (χ3n) is 1.83. The molecule has 0 radical (unpaired) electrons. The summed E-state index contributed by atoms with van der Waals surface area (Å²) in [4.78, 5) is 11.6. The molecule has 0 aliphatic rings. The van der Waals surface area contributed by atoms with E-state index >= 15 is 0 Å². The summed E-state index contributed by atoms with van der Waals surface area (Å²) in [5.41, 5.74) is 0.608. The number of benzene rings is 1. The van der Waals surface area contributed by atoms with Crippen LogP contribution in [0.3, 0.4) is 0 Å². The largest absolute Gasteiger partial charge is 0.495 e. The molecule has 0 spiro atoms. The van der Waals surface area contributed by atoms with Gasteiger partial charge in [0.05, 0.1) is 17.1 Å². The number of carbonyl (C=O) groups is 1. The van der Waals surface area contributed by atoms with Gasteiger partial charge in [-0.05, 0) is 28.1 Å². The van der Waals surface area contributed by atoms with Crippen molar-refractivity contribution in [3.8, 4) is 5.75 Å². The van der Waals surface area contributed by atoms with Crippen molar-refractivity contribution in [1.29, 1.82) is 0 Å². The molecular formula is C10H10Br2O2. The van der Waals surface area contributed by atoms with Crippen molar-refractivity contribution in [1.82, 2.24) is 0 Å². The molecule has 0 atom stereocenters. The molecule has 0 bridgehead atoms. The van der Waals surface area contributed by atoms with Crippen LogP contribution in [0.25, 0.3) is 0 Å². The Bertz CT molecular complexity index is 361. The average molecular weight is 322 g/mol. The molecule has 14 heavy (non-hydrogen) atoms. The molecule has 0 fully saturated rings. The van der Waals surface area contributed by atoms with Crippen LogP contribution in [0, 0.1) is 0 Å². The Morgan fingerprint density at radius 3 is 2.57 bits per heavy atom. The third-order valence-corrected chi connectivity index (χ3v) is 2.88. The van der Waals surface area contributed by atoms with Crippen molar-refractivity contribution >= 4 is 37.6 Å². The fourth-order valence-corrected chi connectivity index (χ4v) is 2.55. The molecule has 0 unspecified atom stereocenters. The van der Waals surface area contributed by atoms with Crippen LogP contribution in [-0.2, 0) is 0 Å². The van der Waals surface area contributed by atoms with Crippen LogP contribution in [-0.4, -0.2) is 12.9 Å². The van der Waals surface area contributed by atoms with Crippen molar-refractivity contribution in [3.05, 3.63) is 26.6 Å². The normalized spacial score (nSPS) is 10.0. The number of hydrogen-bond acceptors (Lipinski definition) is 2. The molecular weight excluding hydrogens is 312 g/mol. The maximum atomic E-state index is 11.6. The number of Topliss-reactive ketones (excluding diaryl/α,β-unsaturated/α-hetero) is 1. The Morgan fingerprint density at radius 2 is 2.07 bits per heavy atom. The van der Waals surface area contributed by atoms with Gasteiger partial charge in [0.2, 0.25) is 0 Å². The zero-order chi connectivity index (χ0) is 10.7. The number of halogens is 2. The molecule has 0 heterocycles. The zero-order valence-electron chi connectivity index (χ0n) is 7.93. The minimum atomic E-state index is 0.0730. The highest BCUT2D eigenvalue weighted by molar-refractivity contribution is 9.11. The first kappa shape index (κ1) is 11.7. The quantitative estimate of drug-likeness (QED) is 0.791. The topological polar surface area (TPSA) is 26.3 Å². The summed E-state index contributed by atoms with van der Waals surface area (Å²) in [6.07, 6.45) is 0.471. The molecule has 0 aliphatic carbocycles. The summed E-state index contributed by atoms with van der Waals surface area (Å²) >= 11 is 6.68. The molecule has 0 amide bonds. The van der Waals surface area contributed by atoms with E-state index in [2.05, 4.69) is 31.9 Å². The van der Waals surface area contributed by atoms with Crippen LogP contribution in [0.2, 0.25) is 0 Å². The second kappa shape index (κ2) is 4.94. The van der Waals surface area contributed by atoms with E-state index in [0.717, 1.165) is 8.95 Å². The first-order valence-electron chi connectivity index (χ1n) is 4.16. The van der Waals surface area contributed by atoms with Gasteiger partial charge in [-0.25, -0.2) is 0 Å². The van der Waals surface area contributed by atoms with Gasteiger partial charge in [-0.1, -0.05) is 22.9 Å². The second-order valence-electron chi connectivity index (χ2n) is 2.75. The van der Waals surface area contributed by atoms with Crippen molar-refractivity contribution in [3.63, 3.8) is 0 Å². The SMILES string of the molecule is CCC(=O)c1cc(Br)cc(Br)c1OC. The van der Waals surface area contributed by atoms with Crippen LogP contribution in [0.1, 0.15) is 23.7 Å². The lowest BCUT2D eigenvalue weighted by Crippen LogP contribution is -2.01. The Morgan fingerprint density at radius 1 is 1.43 bits per heavy atom. The number of rotatable bonds is 3. The minimum absolute atomic E-state index is 0.0730. The van der Waals surface area contributed by atoms with Gasteiger partial charge in [-0.3, -0.25) is 4.79 Å². The summed E-state index contributed by atoms with van der Waals surface area (Å²) in [6.45, 7) is 1.83. The summed E-state index contributed by atoms with van der Waals surface area (Å²) < 4.78 is 6.81. The molecule has 1 aromatic carbocycles. The highest BCUT2D eigenvalue weighted by atomic mass is 79.9. The van der Waals surface area contributed by atoms with E-state index in [-0.39, 0.29) is 5.78 Å². The lowest BCUT2D eigenvalue weighted by molar-refractivity contribution is 0.0985. The molecule has 2 nitrogen and oxygen atoms in total. The summed E-state index contributed by atoms with van der Waals surface area (Å²) in [7, 11) is 1.56. The van der Waals surface area contributed by atoms with Gasteiger partial charge in [-0.15, -0.1) is 0 Å². The maximum absolute atomic E-state index is 11.6. The summed E-state index contributed by atoms with van der Waals surface area (Å²) in [5, 5.41) is 0. The van der Waals surface area contributed by atoms with Crippen molar-refractivity contribution < 1.29 is 9.53 Å². The number of carbonyl (C=O) groups excluding carboxylic acids is 1. The Kier molecular flexibility index (Phi) is 4.13. The first-order chi connectivity index (χ1) is 6.60. The van der Waals surface area contributed by atoms with Gasteiger partial charge in [0.1, 0.15) is 5.75 Å². The van der Waals surface area contributed by atoms with Gasteiger partial charge >= 0.3 is 0 Å². The first-order valence-corrected chi connectivity index (χ1v) is 5.75. The summed E-state index contributed by atoms with van der Waals surface area (Å²) in [5.74, 6) is 0.670. The molecule has 0 N–H and O–H groups in total. The highest BCUT2D eigenvalue weighted by Gasteiger charge is 2.14. The predicted octanol–water partition coefficient (Wildman–Crippen LogP) is 3.81. The molecule has 76 valence electrons. The van der Waals surface area contributed by atoms with Crippen LogP contribution in [0.15, 0.2) is 21.1 Å². The monoisotopic (exact) mass is 320 g/mol. The fourth-order valence-electron chi connectivity index (χ4n) is 1.17. The lowest BCUT2D eigenvalue weighted by atomic mass is 10.1. The smallest absolute Gasteiger partial charge is 0.166 e.